The Labute approximate surface area is 276 Å². The van der Waals surface area contributed by atoms with Crippen LogP contribution >= 0.6 is 0 Å². The van der Waals surface area contributed by atoms with Crippen LogP contribution in [0.1, 0.15) is 77.4 Å². The molecule has 4 rings (SSSR count). The van der Waals surface area contributed by atoms with Crippen molar-refractivity contribution in [1.29, 1.82) is 0 Å². The van der Waals surface area contributed by atoms with Gasteiger partial charge in [0.05, 0.1) is 18.8 Å². The van der Waals surface area contributed by atoms with Crippen molar-refractivity contribution in [2.45, 2.75) is 84.4 Å². The van der Waals surface area contributed by atoms with Crippen LogP contribution in [-0.4, -0.2) is 64.1 Å². The number of aromatic nitrogens is 2. The summed E-state index contributed by atoms with van der Waals surface area (Å²) in [5.74, 6) is -0.563. The van der Waals surface area contributed by atoms with Crippen LogP contribution in [0.4, 0.5) is 22.8 Å². The first kappa shape index (κ1) is 36.2. The summed E-state index contributed by atoms with van der Waals surface area (Å²) in [6, 6.07) is 12.2. The van der Waals surface area contributed by atoms with Crippen LogP contribution in [0.15, 0.2) is 58.0 Å². The van der Waals surface area contributed by atoms with Crippen LogP contribution in [-0.2, 0) is 27.0 Å². The van der Waals surface area contributed by atoms with Gasteiger partial charge in [-0.25, -0.2) is 9.59 Å². The van der Waals surface area contributed by atoms with Gasteiger partial charge in [-0.05, 0) is 78.1 Å². The Balaban J connectivity index is 1.51. The van der Waals surface area contributed by atoms with E-state index in [9.17, 15) is 22.8 Å². The average Bonchev–Trinajstić information content (AvgIpc) is 3.65. The number of amides is 2. The summed E-state index contributed by atoms with van der Waals surface area (Å²) in [4.78, 5) is 35.2. The first-order valence-corrected chi connectivity index (χ1v) is 15.4. The number of carbonyl (C=O) groups excluding carboxylic acids is 2. The Morgan fingerprint density at radius 1 is 1.00 bits per heavy atom. The van der Waals surface area contributed by atoms with Crippen molar-refractivity contribution in [3.05, 3.63) is 65.5 Å². The van der Waals surface area contributed by atoms with Gasteiger partial charge >= 0.3 is 18.4 Å². The van der Waals surface area contributed by atoms with E-state index in [0.29, 0.717) is 26.0 Å². The molecule has 0 radical (unpaired) electrons. The molecule has 0 saturated carbocycles. The van der Waals surface area contributed by atoms with Gasteiger partial charge in [-0.3, -0.25) is 5.32 Å². The second-order valence-corrected chi connectivity index (χ2v) is 12.9. The lowest BCUT2D eigenvalue weighted by atomic mass is 10.1. The minimum atomic E-state index is -4.73. The maximum Gasteiger partial charge on any atom is 0.437 e. The molecule has 2 amide bonds. The molecular formula is C33H40F3N5O7. The average molecular weight is 676 g/mol. The minimum absolute atomic E-state index is 0.0454. The Hall–Kier alpha value is -4.66. The number of ether oxygens (including phenoxy) is 4. The van der Waals surface area contributed by atoms with Crippen molar-refractivity contribution < 1.29 is 46.2 Å². The molecule has 1 aliphatic rings. The molecule has 2 aromatic carbocycles. The first-order chi connectivity index (χ1) is 22.5. The molecule has 0 aliphatic carbocycles. The van der Waals surface area contributed by atoms with Gasteiger partial charge in [0.1, 0.15) is 29.6 Å². The lowest BCUT2D eigenvalue weighted by Gasteiger charge is -2.27. The second kappa shape index (κ2) is 15.0. The Kier molecular flexibility index (Phi) is 11.3. The summed E-state index contributed by atoms with van der Waals surface area (Å²) in [7, 11) is 0. The molecule has 48 heavy (non-hydrogen) atoms. The number of halogens is 3. The van der Waals surface area contributed by atoms with Gasteiger partial charge in [0.15, 0.2) is 0 Å². The molecule has 260 valence electrons. The predicted octanol–water partition coefficient (Wildman–Crippen LogP) is 7.30. The number of alkyl carbamates (subject to hydrolysis) is 1. The van der Waals surface area contributed by atoms with E-state index in [-0.39, 0.29) is 42.2 Å². The fourth-order valence-electron chi connectivity index (χ4n) is 4.69. The minimum Gasteiger partial charge on any atom is -0.491 e. The van der Waals surface area contributed by atoms with Crippen molar-refractivity contribution in [1.82, 2.24) is 20.4 Å². The van der Waals surface area contributed by atoms with Crippen LogP contribution in [0.3, 0.4) is 0 Å². The number of guanidine groups is 1. The van der Waals surface area contributed by atoms with E-state index in [1.165, 1.54) is 12.1 Å². The molecule has 12 nitrogen and oxygen atoms in total. The molecule has 1 atom stereocenters. The highest BCUT2D eigenvalue weighted by Crippen LogP contribution is 2.39. The maximum absolute atomic E-state index is 14.1. The molecule has 1 fully saturated rings. The highest BCUT2D eigenvalue weighted by molar-refractivity contribution is 5.99. The number of aliphatic imine (C=N–C) groups is 1. The molecule has 2 heterocycles. The molecule has 3 aromatic rings. The number of alkyl halides is 3. The number of benzene rings is 2. The van der Waals surface area contributed by atoms with Gasteiger partial charge in [-0.2, -0.15) is 18.2 Å². The zero-order valence-corrected chi connectivity index (χ0v) is 27.7. The smallest absolute Gasteiger partial charge is 0.437 e. The molecule has 0 spiro atoms. The van der Waals surface area contributed by atoms with Gasteiger partial charge < -0.3 is 28.4 Å². The van der Waals surface area contributed by atoms with Gasteiger partial charge in [0.25, 0.3) is 0 Å². The third-order valence-electron chi connectivity index (χ3n) is 6.60. The summed E-state index contributed by atoms with van der Waals surface area (Å²) in [5, 5.41) is 6.44. The first-order valence-electron chi connectivity index (χ1n) is 15.4. The lowest BCUT2D eigenvalue weighted by molar-refractivity contribution is -0.139. The van der Waals surface area contributed by atoms with Gasteiger partial charge in [0.2, 0.25) is 17.7 Å². The Morgan fingerprint density at radius 3 is 2.38 bits per heavy atom. The van der Waals surface area contributed by atoms with E-state index in [1.807, 2.05) is 30.3 Å². The molecule has 1 unspecified atom stereocenters. The number of carbonyl (C=O) groups is 2. The number of nitrogens with one attached hydrogen (secondary N) is 1. The number of hydrogen-bond donors (Lipinski definition) is 1. The third-order valence-corrected chi connectivity index (χ3v) is 6.60. The summed E-state index contributed by atoms with van der Waals surface area (Å²) in [6.45, 7) is 10.7. The topological polar surface area (TPSA) is 138 Å². The van der Waals surface area contributed by atoms with Crippen molar-refractivity contribution >= 4 is 18.1 Å². The van der Waals surface area contributed by atoms with E-state index in [0.717, 1.165) is 11.6 Å². The fourth-order valence-corrected chi connectivity index (χ4v) is 4.69. The van der Waals surface area contributed by atoms with E-state index < -0.39 is 41.2 Å². The van der Waals surface area contributed by atoms with Crippen LogP contribution in [0, 0.1) is 0 Å². The van der Waals surface area contributed by atoms with E-state index >= 15 is 0 Å². The lowest BCUT2D eigenvalue weighted by Crippen LogP contribution is -2.46. The highest BCUT2D eigenvalue weighted by Gasteiger charge is 2.37. The zero-order valence-electron chi connectivity index (χ0n) is 27.7. The van der Waals surface area contributed by atoms with Crippen molar-refractivity contribution in [2.24, 2.45) is 4.99 Å². The fraction of sp³-hybridized carbons (Fsp3) is 0.485. The summed E-state index contributed by atoms with van der Waals surface area (Å²) < 4.78 is 69.3. The Morgan fingerprint density at radius 2 is 1.71 bits per heavy atom. The summed E-state index contributed by atoms with van der Waals surface area (Å²) in [5.41, 5.74) is -1.72. The van der Waals surface area contributed by atoms with Crippen LogP contribution in [0.5, 0.6) is 5.75 Å². The van der Waals surface area contributed by atoms with Crippen LogP contribution < -0.4 is 10.1 Å². The normalized spacial score (nSPS) is 15.7. The second-order valence-electron chi connectivity index (χ2n) is 12.9. The summed E-state index contributed by atoms with van der Waals surface area (Å²) in [6.07, 6.45) is -5.49. The van der Waals surface area contributed by atoms with Crippen LogP contribution in [0.25, 0.3) is 11.4 Å². The van der Waals surface area contributed by atoms with E-state index in [4.69, 9.17) is 23.5 Å². The highest BCUT2D eigenvalue weighted by atomic mass is 19.4. The molecule has 15 heteroatoms. The van der Waals surface area contributed by atoms with Gasteiger partial charge in [-0.1, -0.05) is 35.5 Å². The SMILES string of the molecule is CC(C)(C)OC(=O)N=C(NC(=O)OC(C)(C)C)N1CCCC1c1nc(-c2ccc(OCCOCc3ccccc3)c(C(F)(F)F)c2)no1. The largest absolute Gasteiger partial charge is 0.491 e. The van der Waals surface area contributed by atoms with Crippen LogP contribution in [0.2, 0.25) is 0 Å². The number of hydrogen-bond acceptors (Lipinski definition) is 9. The van der Waals surface area contributed by atoms with E-state index in [2.05, 4.69) is 20.4 Å². The quantitative estimate of drug-likeness (QED) is 0.147. The number of likely N-dealkylation sites (tertiary alicyclic amines) is 1. The number of nitrogens with zero attached hydrogens (tertiary/aromatic N) is 4. The van der Waals surface area contributed by atoms with Crippen molar-refractivity contribution in [3.8, 4) is 17.1 Å². The molecular weight excluding hydrogens is 635 g/mol. The molecule has 1 aromatic heterocycles. The predicted molar refractivity (Wildman–Crippen MR) is 168 cm³/mol. The molecule has 1 N–H and O–H groups in total. The number of rotatable bonds is 8. The molecule has 0 bridgehead atoms. The third kappa shape index (κ3) is 10.7. The maximum atomic E-state index is 14.1. The van der Waals surface area contributed by atoms with Crippen molar-refractivity contribution in [2.75, 3.05) is 19.8 Å². The monoisotopic (exact) mass is 675 g/mol. The zero-order chi connectivity index (χ0) is 35.1. The Bertz CT molecular complexity index is 1580. The van der Waals surface area contributed by atoms with Gasteiger partial charge in [0, 0.05) is 12.1 Å². The molecule has 1 saturated heterocycles. The molecule has 1 aliphatic heterocycles. The van der Waals surface area contributed by atoms with Crippen molar-refractivity contribution in [3.63, 3.8) is 0 Å². The van der Waals surface area contributed by atoms with E-state index in [1.54, 1.807) is 46.4 Å². The standard InChI is InChI=1S/C33H40F3N5O7/c1-31(2,3)46-29(42)38-28(39-30(43)47-32(4,5)6)41-16-10-13-24(41)27-37-26(40-48-27)22-14-15-25(23(19-22)33(34,35)36)45-18-17-44-20-21-11-8-7-9-12-21/h7-9,11-12,14-15,19,24H,10,13,16-18,20H2,1-6H3,(H,38,39,42,43). The summed E-state index contributed by atoms with van der Waals surface area (Å²) >= 11 is 0. The van der Waals surface area contributed by atoms with Gasteiger partial charge in [-0.15, -0.1) is 4.99 Å².